The van der Waals surface area contributed by atoms with Crippen LogP contribution in [-0.4, -0.2) is 17.1 Å². The predicted molar refractivity (Wildman–Crippen MR) is 67.0 cm³/mol. The van der Waals surface area contributed by atoms with E-state index < -0.39 is 6.04 Å². The lowest BCUT2D eigenvalue weighted by Crippen LogP contribution is -2.32. The largest absolute Gasteiger partial charge is 0.506 e. The number of aromatic hydroxyl groups is 1. The molecule has 0 bridgehead atoms. The fourth-order valence-electron chi connectivity index (χ4n) is 1.15. The third-order valence-electron chi connectivity index (χ3n) is 2.14. The van der Waals surface area contributed by atoms with E-state index in [-0.39, 0.29) is 24.1 Å². The van der Waals surface area contributed by atoms with Gasteiger partial charge in [0, 0.05) is 0 Å². The molecule has 0 aliphatic rings. The van der Waals surface area contributed by atoms with Gasteiger partial charge in [-0.15, -0.1) is 12.4 Å². The van der Waals surface area contributed by atoms with Crippen LogP contribution in [0.1, 0.15) is 19.4 Å². The van der Waals surface area contributed by atoms with E-state index in [9.17, 15) is 9.90 Å². The van der Waals surface area contributed by atoms with Crippen molar-refractivity contribution in [1.82, 2.24) is 0 Å². The molecule has 4 N–H and O–H groups in total. The molecule has 0 heterocycles. The number of carbonyl (C=O) groups is 1. The number of phenols is 1. The van der Waals surface area contributed by atoms with Crippen LogP contribution in [0.25, 0.3) is 0 Å². The number of amides is 1. The van der Waals surface area contributed by atoms with E-state index in [1.807, 2.05) is 13.0 Å². The Morgan fingerprint density at radius 1 is 1.56 bits per heavy atom. The van der Waals surface area contributed by atoms with E-state index in [0.717, 1.165) is 12.0 Å². The Balaban J connectivity index is 0.00000225. The number of hydrogen-bond donors (Lipinski definition) is 3. The fourth-order valence-corrected chi connectivity index (χ4v) is 1.15. The number of aryl methyl sites for hydroxylation is 1. The van der Waals surface area contributed by atoms with Crippen LogP contribution in [0.4, 0.5) is 5.69 Å². The Bertz CT molecular complexity index is 367. The van der Waals surface area contributed by atoms with Gasteiger partial charge in [-0.25, -0.2) is 0 Å². The van der Waals surface area contributed by atoms with Gasteiger partial charge in [-0.05, 0) is 31.0 Å². The second kappa shape index (κ2) is 6.35. The molecule has 16 heavy (non-hydrogen) atoms. The van der Waals surface area contributed by atoms with Crippen LogP contribution >= 0.6 is 12.4 Å². The second-order valence-electron chi connectivity index (χ2n) is 3.48. The molecule has 0 fully saturated rings. The normalized spacial score (nSPS) is 11.4. The second-order valence-corrected chi connectivity index (χ2v) is 3.48. The lowest BCUT2D eigenvalue weighted by Gasteiger charge is -2.10. The van der Waals surface area contributed by atoms with Crippen LogP contribution in [0.3, 0.4) is 0 Å². The predicted octanol–water partition coefficient (Wildman–Crippen LogP) is 1.66. The lowest BCUT2D eigenvalue weighted by molar-refractivity contribution is -0.117. The number of anilines is 1. The van der Waals surface area contributed by atoms with Crippen molar-refractivity contribution >= 4 is 24.0 Å². The molecule has 0 saturated heterocycles. The highest BCUT2D eigenvalue weighted by Gasteiger charge is 2.10. The van der Waals surface area contributed by atoms with Crippen molar-refractivity contribution in [2.75, 3.05) is 5.32 Å². The Kier molecular flexibility index (Phi) is 5.85. The summed E-state index contributed by atoms with van der Waals surface area (Å²) in [5.74, 6) is -0.250. The van der Waals surface area contributed by atoms with Crippen LogP contribution in [0.15, 0.2) is 18.2 Å². The van der Waals surface area contributed by atoms with Crippen molar-refractivity contribution in [2.45, 2.75) is 26.3 Å². The minimum atomic E-state index is -0.588. The van der Waals surface area contributed by atoms with Gasteiger partial charge in [-0.2, -0.15) is 0 Å². The third kappa shape index (κ3) is 3.72. The smallest absolute Gasteiger partial charge is 0.241 e. The van der Waals surface area contributed by atoms with Crippen molar-refractivity contribution in [3.05, 3.63) is 23.8 Å². The highest BCUT2D eigenvalue weighted by Crippen LogP contribution is 2.24. The summed E-state index contributed by atoms with van der Waals surface area (Å²) in [5.41, 5.74) is 6.87. The van der Waals surface area contributed by atoms with Crippen LogP contribution < -0.4 is 11.1 Å². The first-order valence-corrected chi connectivity index (χ1v) is 4.93. The van der Waals surface area contributed by atoms with Crippen LogP contribution in [0.5, 0.6) is 5.75 Å². The van der Waals surface area contributed by atoms with Crippen LogP contribution in [0.2, 0.25) is 0 Å². The average molecular weight is 245 g/mol. The number of benzene rings is 1. The summed E-state index contributed by atoms with van der Waals surface area (Å²) < 4.78 is 0. The number of phenolic OH excluding ortho intramolecular Hbond substituents is 1. The maximum Gasteiger partial charge on any atom is 0.241 e. The molecular weight excluding hydrogens is 228 g/mol. The zero-order valence-corrected chi connectivity index (χ0v) is 10.2. The number of hydrogen-bond acceptors (Lipinski definition) is 3. The first-order valence-electron chi connectivity index (χ1n) is 4.93. The average Bonchev–Trinajstić information content (AvgIpc) is 2.21. The molecule has 0 saturated carbocycles. The van der Waals surface area contributed by atoms with Gasteiger partial charge < -0.3 is 16.2 Å². The Hall–Kier alpha value is -1.26. The molecule has 0 aliphatic heterocycles. The molecule has 0 unspecified atom stereocenters. The first-order chi connectivity index (χ1) is 7.04. The molecule has 1 amide bonds. The molecule has 1 aromatic carbocycles. The van der Waals surface area contributed by atoms with Gasteiger partial charge in [0.05, 0.1) is 11.7 Å². The van der Waals surface area contributed by atoms with Gasteiger partial charge in [0.25, 0.3) is 0 Å². The highest BCUT2D eigenvalue weighted by molar-refractivity contribution is 5.95. The van der Waals surface area contributed by atoms with Crippen molar-refractivity contribution in [3.8, 4) is 5.75 Å². The summed E-state index contributed by atoms with van der Waals surface area (Å²) >= 11 is 0. The van der Waals surface area contributed by atoms with Gasteiger partial charge in [0.1, 0.15) is 5.75 Å². The van der Waals surface area contributed by atoms with E-state index in [1.54, 1.807) is 19.1 Å². The quantitative estimate of drug-likeness (QED) is 0.708. The molecular formula is C11H17ClN2O2. The summed E-state index contributed by atoms with van der Waals surface area (Å²) in [5, 5.41) is 12.1. The minimum Gasteiger partial charge on any atom is -0.506 e. The molecule has 90 valence electrons. The van der Waals surface area contributed by atoms with E-state index in [1.165, 1.54) is 0 Å². The summed E-state index contributed by atoms with van der Waals surface area (Å²) in [6.07, 6.45) is 0.849. The number of halogens is 1. The van der Waals surface area contributed by atoms with Crippen molar-refractivity contribution in [2.24, 2.45) is 5.73 Å². The fraction of sp³-hybridized carbons (Fsp3) is 0.364. The van der Waals surface area contributed by atoms with E-state index in [4.69, 9.17) is 5.73 Å². The maximum atomic E-state index is 11.3. The van der Waals surface area contributed by atoms with Crippen molar-refractivity contribution in [3.63, 3.8) is 0 Å². The molecule has 1 aromatic rings. The molecule has 0 spiro atoms. The summed E-state index contributed by atoms with van der Waals surface area (Å²) in [6.45, 7) is 3.60. The zero-order valence-electron chi connectivity index (χ0n) is 9.36. The van der Waals surface area contributed by atoms with E-state index in [2.05, 4.69) is 5.32 Å². The topological polar surface area (TPSA) is 75.3 Å². The SMILES string of the molecule is CCc1ccc(O)c(NC(=O)[C@H](C)N)c1.Cl. The van der Waals surface area contributed by atoms with Crippen molar-refractivity contribution in [1.29, 1.82) is 0 Å². The first kappa shape index (κ1) is 14.7. The molecule has 0 aromatic heterocycles. The Morgan fingerprint density at radius 2 is 2.19 bits per heavy atom. The Morgan fingerprint density at radius 3 is 2.69 bits per heavy atom. The lowest BCUT2D eigenvalue weighted by atomic mass is 10.1. The number of nitrogens with two attached hydrogens (primary N) is 1. The highest BCUT2D eigenvalue weighted by atomic mass is 35.5. The third-order valence-corrected chi connectivity index (χ3v) is 2.14. The van der Waals surface area contributed by atoms with Gasteiger partial charge in [-0.3, -0.25) is 4.79 Å². The molecule has 1 atom stereocenters. The molecule has 5 heteroatoms. The molecule has 0 radical (unpaired) electrons. The van der Waals surface area contributed by atoms with E-state index >= 15 is 0 Å². The van der Waals surface area contributed by atoms with Gasteiger partial charge in [0.2, 0.25) is 5.91 Å². The van der Waals surface area contributed by atoms with Gasteiger partial charge >= 0.3 is 0 Å². The number of carbonyl (C=O) groups excluding carboxylic acids is 1. The Labute approximate surface area is 101 Å². The van der Waals surface area contributed by atoms with Gasteiger partial charge in [0.15, 0.2) is 0 Å². The van der Waals surface area contributed by atoms with E-state index in [0.29, 0.717) is 5.69 Å². The summed E-state index contributed by atoms with van der Waals surface area (Å²) in [6, 6.07) is 4.54. The molecule has 0 aliphatic carbocycles. The molecule has 1 rings (SSSR count). The standard InChI is InChI=1S/C11H16N2O2.ClH/c1-3-8-4-5-10(14)9(6-8)13-11(15)7(2)12;/h4-7,14H,3,12H2,1-2H3,(H,13,15);1H/t7-;/m0./s1. The van der Waals surface area contributed by atoms with Crippen LogP contribution in [-0.2, 0) is 11.2 Å². The zero-order chi connectivity index (χ0) is 11.4. The van der Waals surface area contributed by atoms with Crippen LogP contribution in [0, 0.1) is 0 Å². The molecule has 4 nitrogen and oxygen atoms in total. The minimum absolute atomic E-state index is 0. The van der Waals surface area contributed by atoms with Crippen molar-refractivity contribution < 1.29 is 9.90 Å². The van der Waals surface area contributed by atoms with Gasteiger partial charge in [-0.1, -0.05) is 13.0 Å². The number of rotatable bonds is 3. The summed E-state index contributed by atoms with van der Waals surface area (Å²) in [4.78, 5) is 11.3. The summed E-state index contributed by atoms with van der Waals surface area (Å²) in [7, 11) is 0. The number of nitrogens with one attached hydrogen (secondary N) is 1. The maximum absolute atomic E-state index is 11.3. The monoisotopic (exact) mass is 244 g/mol.